The maximum atomic E-state index is 5.60. The maximum Gasteiger partial charge on any atom is 0.164 e. The summed E-state index contributed by atoms with van der Waals surface area (Å²) < 4.78 is 1.89. The number of aromatic nitrogens is 3. The predicted octanol–water partition coefficient (Wildman–Crippen LogP) is 2.16. The zero-order valence-corrected chi connectivity index (χ0v) is 10.5. The summed E-state index contributed by atoms with van der Waals surface area (Å²) in [7, 11) is 0. The van der Waals surface area contributed by atoms with Gasteiger partial charge >= 0.3 is 0 Å². The molecule has 0 radical (unpaired) electrons. The Bertz CT molecular complexity index is 514. The third-order valence-corrected chi connectivity index (χ3v) is 2.62. The van der Waals surface area contributed by atoms with Gasteiger partial charge in [0.25, 0.3) is 0 Å². The number of aryl methyl sites for hydroxylation is 1. The van der Waals surface area contributed by atoms with Crippen molar-refractivity contribution in [1.29, 1.82) is 0 Å². The molecule has 1 aromatic carbocycles. The highest BCUT2D eigenvalue weighted by atomic mass is 15.4. The molecule has 1 aromatic heterocycles. The van der Waals surface area contributed by atoms with Crippen LogP contribution in [0.15, 0.2) is 24.3 Å². The Morgan fingerprint density at radius 1 is 1.35 bits per heavy atom. The Labute approximate surface area is 101 Å². The van der Waals surface area contributed by atoms with Gasteiger partial charge in [-0.1, -0.05) is 26.0 Å². The third-order valence-electron chi connectivity index (χ3n) is 2.62. The first kappa shape index (κ1) is 11.8. The van der Waals surface area contributed by atoms with Crippen LogP contribution in [0, 0.1) is 6.92 Å². The molecule has 90 valence electrons. The molecule has 0 aliphatic heterocycles. The molecule has 2 aromatic rings. The maximum absolute atomic E-state index is 5.60. The van der Waals surface area contributed by atoms with Crippen LogP contribution in [0.25, 0.3) is 5.69 Å². The lowest BCUT2D eigenvalue weighted by Gasteiger charge is -2.08. The lowest BCUT2D eigenvalue weighted by atomic mass is 10.2. The minimum absolute atomic E-state index is 0.323. The van der Waals surface area contributed by atoms with E-state index in [2.05, 4.69) is 43.0 Å². The smallest absolute Gasteiger partial charge is 0.164 e. The number of hydrogen-bond donors (Lipinski definition) is 1. The van der Waals surface area contributed by atoms with E-state index < -0.39 is 0 Å². The van der Waals surface area contributed by atoms with E-state index in [0.29, 0.717) is 18.3 Å². The molecule has 1 heterocycles. The molecular formula is C13H18N4. The minimum Gasteiger partial charge on any atom is -0.324 e. The topological polar surface area (TPSA) is 56.7 Å². The molecule has 0 unspecified atom stereocenters. The van der Waals surface area contributed by atoms with E-state index in [-0.39, 0.29) is 0 Å². The zero-order chi connectivity index (χ0) is 12.4. The van der Waals surface area contributed by atoms with Gasteiger partial charge in [0.2, 0.25) is 0 Å². The summed E-state index contributed by atoms with van der Waals surface area (Å²) in [5.74, 6) is 1.97. The minimum atomic E-state index is 0.323. The summed E-state index contributed by atoms with van der Waals surface area (Å²) in [6.07, 6.45) is 0. The Kier molecular flexibility index (Phi) is 3.24. The van der Waals surface area contributed by atoms with Crippen molar-refractivity contribution in [3.63, 3.8) is 0 Å². The number of nitrogens with two attached hydrogens (primary N) is 1. The summed E-state index contributed by atoms with van der Waals surface area (Å²) >= 11 is 0. The van der Waals surface area contributed by atoms with E-state index in [0.717, 1.165) is 11.5 Å². The van der Waals surface area contributed by atoms with Crippen molar-refractivity contribution in [3.05, 3.63) is 41.5 Å². The van der Waals surface area contributed by atoms with Gasteiger partial charge in [-0.3, -0.25) is 0 Å². The van der Waals surface area contributed by atoms with Gasteiger partial charge in [0.15, 0.2) is 5.82 Å². The van der Waals surface area contributed by atoms with Gasteiger partial charge in [0.1, 0.15) is 5.82 Å². The molecule has 0 atom stereocenters. The number of benzene rings is 1. The summed E-state index contributed by atoms with van der Waals surface area (Å²) in [5, 5.41) is 4.44. The van der Waals surface area contributed by atoms with Crippen LogP contribution in [0.5, 0.6) is 0 Å². The molecule has 2 rings (SSSR count). The SMILES string of the molecule is Cc1cccc(-n2nc(CN)nc2C(C)C)c1. The molecule has 0 aliphatic rings. The van der Waals surface area contributed by atoms with Crippen LogP contribution in [-0.2, 0) is 6.54 Å². The average Bonchev–Trinajstić information content (AvgIpc) is 2.73. The van der Waals surface area contributed by atoms with Crippen molar-refractivity contribution in [3.8, 4) is 5.69 Å². The van der Waals surface area contributed by atoms with Gasteiger partial charge in [0, 0.05) is 5.92 Å². The molecule has 0 spiro atoms. The number of nitrogens with zero attached hydrogens (tertiary/aromatic N) is 3. The van der Waals surface area contributed by atoms with Gasteiger partial charge < -0.3 is 5.73 Å². The molecule has 0 bridgehead atoms. The fourth-order valence-corrected chi connectivity index (χ4v) is 1.78. The van der Waals surface area contributed by atoms with E-state index in [9.17, 15) is 0 Å². The van der Waals surface area contributed by atoms with Gasteiger partial charge in [-0.2, -0.15) is 0 Å². The largest absolute Gasteiger partial charge is 0.324 e. The molecular weight excluding hydrogens is 212 g/mol. The van der Waals surface area contributed by atoms with Crippen LogP contribution in [0.2, 0.25) is 0 Å². The molecule has 0 fully saturated rings. The van der Waals surface area contributed by atoms with Crippen LogP contribution in [-0.4, -0.2) is 14.8 Å². The Balaban J connectivity index is 2.53. The molecule has 2 N–H and O–H groups in total. The molecule has 0 saturated carbocycles. The number of hydrogen-bond acceptors (Lipinski definition) is 3. The van der Waals surface area contributed by atoms with E-state index in [1.54, 1.807) is 0 Å². The summed E-state index contributed by atoms with van der Waals surface area (Å²) in [4.78, 5) is 4.46. The van der Waals surface area contributed by atoms with E-state index in [4.69, 9.17) is 5.73 Å². The molecule has 4 heteroatoms. The molecule has 4 nitrogen and oxygen atoms in total. The standard InChI is InChI=1S/C13H18N4/c1-9(2)13-15-12(8-14)16-17(13)11-6-4-5-10(3)7-11/h4-7,9H,8,14H2,1-3H3. The second-order valence-electron chi connectivity index (χ2n) is 4.50. The summed E-state index contributed by atoms with van der Waals surface area (Å²) in [5.41, 5.74) is 7.85. The summed E-state index contributed by atoms with van der Waals surface area (Å²) in [6.45, 7) is 6.66. The monoisotopic (exact) mass is 230 g/mol. The van der Waals surface area contributed by atoms with Crippen LogP contribution in [0.4, 0.5) is 0 Å². The van der Waals surface area contributed by atoms with E-state index in [1.807, 2.05) is 16.8 Å². The van der Waals surface area contributed by atoms with Gasteiger partial charge in [-0.15, -0.1) is 5.10 Å². The fourth-order valence-electron chi connectivity index (χ4n) is 1.78. The van der Waals surface area contributed by atoms with Crippen LogP contribution in [0.3, 0.4) is 0 Å². The first-order valence-corrected chi connectivity index (χ1v) is 5.84. The molecule has 0 amide bonds. The normalized spacial score (nSPS) is 11.1. The quantitative estimate of drug-likeness (QED) is 0.879. The highest BCUT2D eigenvalue weighted by Gasteiger charge is 2.13. The summed E-state index contributed by atoms with van der Waals surface area (Å²) in [6, 6.07) is 8.23. The highest BCUT2D eigenvalue weighted by Crippen LogP contribution is 2.18. The van der Waals surface area contributed by atoms with E-state index >= 15 is 0 Å². The fraction of sp³-hybridized carbons (Fsp3) is 0.385. The Morgan fingerprint density at radius 3 is 2.71 bits per heavy atom. The van der Waals surface area contributed by atoms with Gasteiger partial charge in [-0.05, 0) is 24.6 Å². The Morgan fingerprint density at radius 2 is 2.12 bits per heavy atom. The van der Waals surface area contributed by atoms with Crippen molar-refractivity contribution in [2.24, 2.45) is 5.73 Å². The lowest BCUT2D eigenvalue weighted by molar-refractivity contribution is 0.712. The second kappa shape index (κ2) is 4.67. The average molecular weight is 230 g/mol. The van der Waals surface area contributed by atoms with Crippen LogP contribution in [0.1, 0.15) is 37.0 Å². The zero-order valence-electron chi connectivity index (χ0n) is 10.5. The van der Waals surface area contributed by atoms with Crippen LogP contribution < -0.4 is 5.73 Å². The first-order valence-electron chi connectivity index (χ1n) is 5.84. The Hall–Kier alpha value is -1.68. The predicted molar refractivity (Wildman–Crippen MR) is 68.1 cm³/mol. The number of rotatable bonds is 3. The highest BCUT2D eigenvalue weighted by molar-refractivity contribution is 5.35. The van der Waals surface area contributed by atoms with Crippen molar-refractivity contribution in [2.45, 2.75) is 33.2 Å². The van der Waals surface area contributed by atoms with Crippen molar-refractivity contribution in [2.75, 3.05) is 0 Å². The molecule has 0 aliphatic carbocycles. The molecule has 0 saturated heterocycles. The molecule has 17 heavy (non-hydrogen) atoms. The van der Waals surface area contributed by atoms with Crippen molar-refractivity contribution >= 4 is 0 Å². The lowest BCUT2D eigenvalue weighted by Crippen LogP contribution is -2.05. The first-order chi connectivity index (χ1) is 8.11. The van der Waals surface area contributed by atoms with Gasteiger partial charge in [-0.25, -0.2) is 9.67 Å². The second-order valence-corrected chi connectivity index (χ2v) is 4.50. The third kappa shape index (κ3) is 2.36. The van der Waals surface area contributed by atoms with Crippen molar-refractivity contribution in [1.82, 2.24) is 14.8 Å². The van der Waals surface area contributed by atoms with Gasteiger partial charge in [0.05, 0.1) is 12.2 Å². The van der Waals surface area contributed by atoms with E-state index in [1.165, 1.54) is 5.56 Å². The van der Waals surface area contributed by atoms with Crippen molar-refractivity contribution < 1.29 is 0 Å². The van der Waals surface area contributed by atoms with Crippen LogP contribution >= 0.6 is 0 Å².